The Kier molecular flexibility index (Phi) is 6.77. The Bertz CT molecular complexity index is 593. The Labute approximate surface area is 141 Å². The van der Waals surface area contributed by atoms with Crippen molar-refractivity contribution in [2.75, 3.05) is 0 Å². The zero-order valence-corrected chi connectivity index (χ0v) is 14.9. The normalized spacial score (nSPS) is 12.5. The highest BCUT2D eigenvalue weighted by Crippen LogP contribution is 2.20. The van der Waals surface area contributed by atoms with E-state index in [-0.39, 0.29) is 11.9 Å². The third-order valence-electron chi connectivity index (χ3n) is 3.63. The molecule has 5 nitrogen and oxygen atoms in total. The van der Waals surface area contributed by atoms with Crippen molar-refractivity contribution in [1.82, 2.24) is 15.5 Å². The van der Waals surface area contributed by atoms with Crippen LogP contribution in [0.2, 0.25) is 0 Å². The van der Waals surface area contributed by atoms with Gasteiger partial charge in [-0.2, -0.15) is 11.3 Å². The number of rotatable bonds is 9. The molecule has 0 bridgehead atoms. The first kappa shape index (κ1) is 17.7. The zero-order chi connectivity index (χ0) is 16.7. The number of carbonyl (C=O) groups is 1. The molecule has 0 fully saturated rings. The van der Waals surface area contributed by atoms with Crippen LogP contribution in [0.1, 0.15) is 52.3 Å². The van der Waals surface area contributed by atoms with Crippen LogP contribution in [0, 0.1) is 5.92 Å². The molecule has 1 amide bonds. The molecule has 0 aliphatic heterocycles. The van der Waals surface area contributed by atoms with Crippen LogP contribution in [-0.2, 0) is 11.2 Å². The highest BCUT2D eigenvalue weighted by atomic mass is 32.1. The van der Waals surface area contributed by atoms with E-state index < -0.39 is 0 Å². The SMILES string of the molecule is CC(C)CCCC(C)NC(=O)CCc1nnc(-c2ccsc2)o1. The third kappa shape index (κ3) is 6.14. The molecular formula is C17H25N3O2S. The lowest BCUT2D eigenvalue weighted by Gasteiger charge is -2.14. The summed E-state index contributed by atoms with van der Waals surface area (Å²) in [5.74, 6) is 1.78. The molecule has 0 saturated heterocycles. The van der Waals surface area contributed by atoms with E-state index in [1.807, 2.05) is 16.8 Å². The zero-order valence-electron chi connectivity index (χ0n) is 14.0. The molecule has 2 heterocycles. The highest BCUT2D eigenvalue weighted by Gasteiger charge is 2.12. The van der Waals surface area contributed by atoms with Gasteiger partial charge in [0.15, 0.2) is 0 Å². The minimum Gasteiger partial charge on any atom is -0.421 e. The average Bonchev–Trinajstić information content (AvgIpc) is 3.15. The molecule has 0 spiro atoms. The Morgan fingerprint density at radius 1 is 1.30 bits per heavy atom. The van der Waals surface area contributed by atoms with Crippen molar-refractivity contribution in [2.24, 2.45) is 5.92 Å². The fourth-order valence-corrected chi connectivity index (χ4v) is 2.96. The van der Waals surface area contributed by atoms with E-state index in [0.29, 0.717) is 30.5 Å². The highest BCUT2D eigenvalue weighted by molar-refractivity contribution is 7.08. The van der Waals surface area contributed by atoms with Crippen molar-refractivity contribution in [3.63, 3.8) is 0 Å². The molecule has 0 radical (unpaired) electrons. The van der Waals surface area contributed by atoms with Gasteiger partial charge in [0.2, 0.25) is 17.7 Å². The second-order valence-corrected chi connectivity index (χ2v) is 7.09. The van der Waals surface area contributed by atoms with Gasteiger partial charge >= 0.3 is 0 Å². The summed E-state index contributed by atoms with van der Waals surface area (Å²) in [5.41, 5.74) is 0.928. The number of nitrogens with one attached hydrogen (secondary N) is 1. The van der Waals surface area contributed by atoms with Gasteiger partial charge in [-0.1, -0.05) is 26.7 Å². The lowest BCUT2D eigenvalue weighted by Crippen LogP contribution is -2.32. The van der Waals surface area contributed by atoms with Crippen LogP contribution in [0.25, 0.3) is 11.5 Å². The Balaban J connectivity index is 1.70. The minimum atomic E-state index is 0.0392. The molecule has 23 heavy (non-hydrogen) atoms. The number of hydrogen-bond acceptors (Lipinski definition) is 5. The second-order valence-electron chi connectivity index (χ2n) is 6.31. The molecule has 2 aromatic heterocycles. The van der Waals surface area contributed by atoms with Gasteiger partial charge in [-0.05, 0) is 30.7 Å². The van der Waals surface area contributed by atoms with Crippen molar-refractivity contribution >= 4 is 17.2 Å². The van der Waals surface area contributed by atoms with Crippen molar-refractivity contribution in [3.05, 3.63) is 22.7 Å². The Morgan fingerprint density at radius 3 is 2.83 bits per heavy atom. The standard InChI is InChI=1S/C17H25N3O2S/c1-12(2)5-4-6-13(3)18-15(21)7-8-16-19-20-17(22-16)14-9-10-23-11-14/h9-13H,4-8H2,1-3H3,(H,18,21). The molecule has 1 unspecified atom stereocenters. The summed E-state index contributed by atoms with van der Waals surface area (Å²) >= 11 is 1.58. The topological polar surface area (TPSA) is 68.0 Å². The summed E-state index contributed by atoms with van der Waals surface area (Å²) in [6.45, 7) is 6.50. The molecule has 126 valence electrons. The van der Waals surface area contributed by atoms with Gasteiger partial charge in [-0.3, -0.25) is 4.79 Å². The number of hydrogen-bond donors (Lipinski definition) is 1. The fourth-order valence-electron chi connectivity index (χ4n) is 2.33. The number of nitrogens with zero attached hydrogens (tertiary/aromatic N) is 2. The van der Waals surface area contributed by atoms with E-state index >= 15 is 0 Å². The van der Waals surface area contributed by atoms with Crippen LogP contribution in [0.3, 0.4) is 0 Å². The first-order valence-corrected chi connectivity index (χ1v) is 9.13. The van der Waals surface area contributed by atoms with Crippen molar-refractivity contribution < 1.29 is 9.21 Å². The van der Waals surface area contributed by atoms with E-state index in [2.05, 4.69) is 36.3 Å². The predicted octanol–water partition coefficient (Wildman–Crippen LogP) is 4.06. The van der Waals surface area contributed by atoms with Gasteiger partial charge < -0.3 is 9.73 Å². The van der Waals surface area contributed by atoms with E-state index in [9.17, 15) is 4.79 Å². The van der Waals surface area contributed by atoms with Crippen molar-refractivity contribution in [1.29, 1.82) is 0 Å². The maximum atomic E-state index is 12.0. The number of amides is 1. The fraction of sp³-hybridized carbons (Fsp3) is 0.588. The minimum absolute atomic E-state index is 0.0392. The van der Waals surface area contributed by atoms with E-state index in [1.165, 1.54) is 6.42 Å². The van der Waals surface area contributed by atoms with E-state index in [1.54, 1.807) is 11.3 Å². The van der Waals surface area contributed by atoms with Crippen LogP contribution in [-0.4, -0.2) is 22.1 Å². The molecule has 1 atom stereocenters. The summed E-state index contributed by atoms with van der Waals surface area (Å²) in [4.78, 5) is 12.0. The summed E-state index contributed by atoms with van der Waals surface area (Å²) in [7, 11) is 0. The van der Waals surface area contributed by atoms with E-state index in [0.717, 1.165) is 18.4 Å². The maximum Gasteiger partial charge on any atom is 0.248 e. The molecule has 6 heteroatoms. The van der Waals surface area contributed by atoms with Gasteiger partial charge in [0.05, 0.1) is 0 Å². The average molecular weight is 335 g/mol. The first-order valence-electron chi connectivity index (χ1n) is 8.19. The van der Waals surface area contributed by atoms with Gasteiger partial charge in [0.1, 0.15) is 0 Å². The lowest BCUT2D eigenvalue weighted by atomic mass is 10.0. The Hall–Kier alpha value is -1.69. The van der Waals surface area contributed by atoms with Crippen LogP contribution >= 0.6 is 11.3 Å². The van der Waals surface area contributed by atoms with E-state index in [4.69, 9.17) is 4.42 Å². The summed E-state index contributed by atoms with van der Waals surface area (Å²) in [6.07, 6.45) is 4.22. The lowest BCUT2D eigenvalue weighted by molar-refractivity contribution is -0.121. The maximum absolute atomic E-state index is 12.0. The number of carbonyl (C=O) groups excluding carboxylic acids is 1. The quantitative estimate of drug-likeness (QED) is 0.750. The van der Waals surface area contributed by atoms with Crippen LogP contribution in [0.5, 0.6) is 0 Å². The molecule has 1 N–H and O–H groups in total. The van der Waals surface area contributed by atoms with Crippen molar-refractivity contribution in [3.8, 4) is 11.5 Å². The second kappa shape index (κ2) is 8.82. The summed E-state index contributed by atoms with van der Waals surface area (Å²) < 4.78 is 5.58. The molecule has 0 aromatic carbocycles. The monoisotopic (exact) mass is 335 g/mol. The van der Waals surface area contributed by atoms with Gasteiger partial charge in [0, 0.05) is 29.8 Å². The molecule has 0 saturated carbocycles. The smallest absolute Gasteiger partial charge is 0.248 e. The first-order chi connectivity index (χ1) is 11.0. The predicted molar refractivity (Wildman–Crippen MR) is 92.2 cm³/mol. The number of aromatic nitrogens is 2. The van der Waals surface area contributed by atoms with Gasteiger partial charge in [-0.15, -0.1) is 10.2 Å². The number of thiophene rings is 1. The number of aryl methyl sites for hydroxylation is 1. The van der Waals surface area contributed by atoms with Gasteiger partial charge in [0.25, 0.3) is 0 Å². The van der Waals surface area contributed by atoms with Crippen LogP contribution in [0.15, 0.2) is 21.2 Å². The van der Waals surface area contributed by atoms with Crippen LogP contribution in [0.4, 0.5) is 0 Å². The Morgan fingerprint density at radius 2 is 2.13 bits per heavy atom. The molecule has 0 aliphatic carbocycles. The summed E-state index contributed by atoms with van der Waals surface area (Å²) in [5, 5.41) is 15.0. The molecule has 0 aliphatic rings. The molecular weight excluding hydrogens is 310 g/mol. The van der Waals surface area contributed by atoms with Crippen LogP contribution < -0.4 is 5.32 Å². The summed E-state index contributed by atoms with van der Waals surface area (Å²) in [6, 6.07) is 2.15. The largest absolute Gasteiger partial charge is 0.421 e. The third-order valence-corrected chi connectivity index (χ3v) is 4.31. The molecule has 2 aromatic rings. The van der Waals surface area contributed by atoms with Crippen molar-refractivity contribution in [2.45, 2.75) is 58.9 Å². The molecule has 2 rings (SSSR count). The van der Waals surface area contributed by atoms with Gasteiger partial charge in [-0.25, -0.2) is 0 Å².